The number of benzene rings is 1. The minimum absolute atomic E-state index is 0.320. The summed E-state index contributed by atoms with van der Waals surface area (Å²) >= 11 is 3.18. The van der Waals surface area contributed by atoms with Crippen molar-refractivity contribution in [3.8, 4) is 0 Å². The molecule has 0 amide bonds. The van der Waals surface area contributed by atoms with Gasteiger partial charge in [0.15, 0.2) is 0 Å². The van der Waals surface area contributed by atoms with Gasteiger partial charge in [-0.1, -0.05) is 29.3 Å². The molecule has 0 heterocycles. The lowest BCUT2D eigenvalue weighted by molar-refractivity contribution is 0.166. The van der Waals surface area contributed by atoms with E-state index in [1.54, 1.807) is 6.07 Å². The zero-order chi connectivity index (χ0) is 9.84. The van der Waals surface area contributed by atoms with Gasteiger partial charge in [0.2, 0.25) is 0 Å². The first kappa shape index (κ1) is 10.7. The maximum atomic E-state index is 12.9. The maximum Gasteiger partial charge on any atom is 0.124 e. The summed E-state index contributed by atoms with van der Waals surface area (Å²) in [5.74, 6) is -0.320. The van der Waals surface area contributed by atoms with E-state index in [0.29, 0.717) is 16.5 Å². The highest BCUT2D eigenvalue weighted by atomic mass is 79.9. The van der Waals surface area contributed by atoms with Gasteiger partial charge in [-0.15, -0.1) is 0 Å². The third kappa shape index (κ3) is 3.08. The monoisotopic (exact) mass is 246 g/mol. The molecule has 1 aromatic rings. The Balaban J connectivity index is 2.87. The predicted octanol–water partition coefficient (Wildman–Crippen LogP) is 3.42. The van der Waals surface area contributed by atoms with Crippen LogP contribution >= 0.6 is 15.9 Å². The van der Waals surface area contributed by atoms with Crippen LogP contribution in [-0.2, 0) is 0 Å². The van der Waals surface area contributed by atoms with Crippen LogP contribution in [0.25, 0.3) is 0 Å². The molecular weight excluding hydrogens is 235 g/mol. The normalized spacial score (nSPS) is 12.9. The first-order valence-corrected chi connectivity index (χ1v) is 5.07. The van der Waals surface area contributed by atoms with E-state index in [2.05, 4.69) is 15.9 Å². The fourth-order valence-electron chi connectivity index (χ4n) is 1.21. The molecule has 13 heavy (non-hydrogen) atoms. The number of halogens is 2. The van der Waals surface area contributed by atoms with E-state index in [1.807, 2.05) is 6.92 Å². The quantitative estimate of drug-likeness (QED) is 0.867. The molecule has 0 fully saturated rings. The Morgan fingerprint density at radius 1 is 1.46 bits per heavy atom. The van der Waals surface area contributed by atoms with Crippen LogP contribution < -0.4 is 0 Å². The van der Waals surface area contributed by atoms with Crippen LogP contribution in [0.2, 0.25) is 0 Å². The van der Waals surface area contributed by atoms with E-state index in [-0.39, 0.29) is 5.82 Å². The molecular formula is C10H12BrFO. The van der Waals surface area contributed by atoms with Crippen molar-refractivity contribution in [3.63, 3.8) is 0 Å². The summed E-state index contributed by atoms with van der Waals surface area (Å²) in [6, 6.07) is 4.48. The van der Waals surface area contributed by atoms with Crippen LogP contribution in [0.1, 0.15) is 31.4 Å². The molecule has 1 aromatic carbocycles. The van der Waals surface area contributed by atoms with Crippen molar-refractivity contribution in [3.05, 3.63) is 34.1 Å². The van der Waals surface area contributed by atoms with Gasteiger partial charge in [0, 0.05) is 4.47 Å². The Hall–Kier alpha value is -0.410. The Morgan fingerprint density at radius 3 is 2.69 bits per heavy atom. The molecule has 1 N–H and O–H groups in total. The zero-order valence-electron chi connectivity index (χ0n) is 7.43. The summed E-state index contributed by atoms with van der Waals surface area (Å²) in [6.07, 6.45) is 0.988. The zero-order valence-corrected chi connectivity index (χ0v) is 9.01. The molecule has 0 aliphatic heterocycles. The minimum atomic E-state index is -0.558. The molecule has 0 aliphatic carbocycles. The summed E-state index contributed by atoms with van der Waals surface area (Å²) in [6.45, 7) is 1.98. The average Bonchev–Trinajstić information content (AvgIpc) is 2.03. The van der Waals surface area contributed by atoms with Crippen molar-refractivity contribution in [2.75, 3.05) is 0 Å². The highest BCUT2D eigenvalue weighted by molar-refractivity contribution is 9.10. The molecule has 0 radical (unpaired) electrons. The summed E-state index contributed by atoms with van der Waals surface area (Å²) in [5, 5.41) is 9.58. The summed E-state index contributed by atoms with van der Waals surface area (Å²) < 4.78 is 13.6. The van der Waals surface area contributed by atoms with Crippen LogP contribution in [0.3, 0.4) is 0 Å². The number of hydrogen-bond acceptors (Lipinski definition) is 1. The van der Waals surface area contributed by atoms with Gasteiger partial charge in [-0.2, -0.15) is 0 Å². The minimum Gasteiger partial charge on any atom is -0.388 e. The molecule has 0 bridgehead atoms. The van der Waals surface area contributed by atoms with Gasteiger partial charge < -0.3 is 5.11 Å². The van der Waals surface area contributed by atoms with Crippen LogP contribution in [0, 0.1) is 5.82 Å². The summed E-state index contributed by atoms with van der Waals surface area (Å²) in [5.41, 5.74) is 0.633. The molecule has 0 aliphatic rings. The van der Waals surface area contributed by atoms with Gasteiger partial charge in [-0.25, -0.2) is 4.39 Å². The Kier molecular flexibility index (Phi) is 3.88. The number of hydrogen-bond donors (Lipinski definition) is 1. The van der Waals surface area contributed by atoms with Crippen molar-refractivity contribution < 1.29 is 9.50 Å². The lowest BCUT2D eigenvalue weighted by Gasteiger charge is -2.09. The number of aliphatic hydroxyl groups is 1. The summed E-state index contributed by atoms with van der Waals surface area (Å²) in [7, 11) is 0. The Labute approximate surface area is 85.7 Å². The number of aliphatic hydroxyl groups excluding tert-OH is 1. The van der Waals surface area contributed by atoms with E-state index in [4.69, 9.17) is 0 Å². The Bertz CT molecular complexity index is 268. The van der Waals surface area contributed by atoms with Crippen molar-refractivity contribution in [2.45, 2.75) is 25.9 Å². The van der Waals surface area contributed by atoms with E-state index in [9.17, 15) is 9.50 Å². The largest absolute Gasteiger partial charge is 0.388 e. The van der Waals surface area contributed by atoms with E-state index in [0.717, 1.165) is 6.42 Å². The van der Waals surface area contributed by atoms with E-state index < -0.39 is 6.10 Å². The van der Waals surface area contributed by atoms with Crippen LogP contribution in [-0.4, -0.2) is 5.11 Å². The SMILES string of the molecule is CCC[C@@H](O)c1cc(F)cc(Br)c1. The molecule has 0 saturated heterocycles. The van der Waals surface area contributed by atoms with Gasteiger partial charge in [-0.3, -0.25) is 0 Å². The fourth-order valence-corrected chi connectivity index (χ4v) is 1.69. The topological polar surface area (TPSA) is 20.2 Å². The highest BCUT2D eigenvalue weighted by Gasteiger charge is 2.08. The second-order valence-corrected chi connectivity index (χ2v) is 3.92. The molecule has 0 unspecified atom stereocenters. The third-order valence-electron chi connectivity index (χ3n) is 1.83. The lowest BCUT2D eigenvalue weighted by atomic mass is 10.1. The molecule has 1 nitrogen and oxygen atoms in total. The standard InChI is InChI=1S/C10H12BrFO/c1-2-3-10(13)7-4-8(11)6-9(12)5-7/h4-6,10,13H,2-3H2,1H3/t10-/m1/s1. The number of rotatable bonds is 3. The van der Waals surface area contributed by atoms with E-state index in [1.165, 1.54) is 12.1 Å². The van der Waals surface area contributed by atoms with Crippen LogP contribution in [0.4, 0.5) is 4.39 Å². The molecule has 72 valence electrons. The van der Waals surface area contributed by atoms with E-state index >= 15 is 0 Å². The second-order valence-electron chi connectivity index (χ2n) is 3.01. The lowest BCUT2D eigenvalue weighted by Crippen LogP contribution is -1.97. The second kappa shape index (κ2) is 4.72. The van der Waals surface area contributed by atoms with Gasteiger partial charge in [-0.05, 0) is 30.2 Å². The van der Waals surface area contributed by atoms with Crippen molar-refractivity contribution >= 4 is 15.9 Å². The molecule has 1 rings (SSSR count). The first-order chi connectivity index (χ1) is 6.13. The molecule has 0 saturated carbocycles. The van der Waals surface area contributed by atoms with Crippen LogP contribution in [0.5, 0.6) is 0 Å². The third-order valence-corrected chi connectivity index (χ3v) is 2.29. The smallest absolute Gasteiger partial charge is 0.124 e. The average molecular weight is 247 g/mol. The Morgan fingerprint density at radius 2 is 2.15 bits per heavy atom. The summed E-state index contributed by atoms with van der Waals surface area (Å²) in [4.78, 5) is 0. The predicted molar refractivity (Wildman–Crippen MR) is 54.0 cm³/mol. The van der Waals surface area contributed by atoms with Gasteiger partial charge in [0.05, 0.1) is 6.10 Å². The van der Waals surface area contributed by atoms with Gasteiger partial charge in [0.25, 0.3) is 0 Å². The molecule has 3 heteroatoms. The molecule has 0 spiro atoms. The highest BCUT2D eigenvalue weighted by Crippen LogP contribution is 2.23. The molecule has 1 atom stereocenters. The fraction of sp³-hybridized carbons (Fsp3) is 0.400. The van der Waals surface area contributed by atoms with Gasteiger partial charge >= 0.3 is 0 Å². The maximum absolute atomic E-state index is 12.9. The van der Waals surface area contributed by atoms with Crippen molar-refractivity contribution in [1.82, 2.24) is 0 Å². The van der Waals surface area contributed by atoms with Crippen molar-refractivity contribution in [1.29, 1.82) is 0 Å². The first-order valence-electron chi connectivity index (χ1n) is 4.27. The van der Waals surface area contributed by atoms with Crippen molar-refractivity contribution in [2.24, 2.45) is 0 Å². The van der Waals surface area contributed by atoms with Gasteiger partial charge in [0.1, 0.15) is 5.82 Å². The van der Waals surface area contributed by atoms with Crippen LogP contribution in [0.15, 0.2) is 22.7 Å². The molecule has 0 aromatic heterocycles.